The summed E-state index contributed by atoms with van der Waals surface area (Å²) in [6.07, 6.45) is 0.725. The second-order valence-electron chi connectivity index (χ2n) is 4.58. The molecule has 0 unspecified atom stereocenters. The lowest BCUT2D eigenvalue weighted by Gasteiger charge is -2.34. The van der Waals surface area contributed by atoms with Crippen LogP contribution in [0, 0.1) is 5.92 Å². The van der Waals surface area contributed by atoms with Gasteiger partial charge in [-0.05, 0) is 0 Å². The average molecular weight is 226 g/mol. The molecule has 6 heteroatoms. The van der Waals surface area contributed by atoms with E-state index in [0.29, 0.717) is 19.6 Å². The van der Waals surface area contributed by atoms with E-state index in [2.05, 4.69) is 5.32 Å². The zero-order chi connectivity index (χ0) is 11.3. The number of urea groups is 1. The average Bonchev–Trinajstić information content (AvgIpc) is 2.49. The van der Waals surface area contributed by atoms with Gasteiger partial charge in [-0.15, -0.1) is 0 Å². The third-order valence-electron chi connectivity index (χ3n) is 3.41. The lowest BCUT2D eigenvalue weighted by molar-refractivity contribution is -0.155. The maximum atomic E-state index is 11.6. The van der Waals surface area contributed by atoms with Crippen molar-refractivity contribution in [1.82, 2.24) is 10.2 Å². The molecule has 0 radical (unpaired) electrons. The lowest BCUT2D eigenvalue weighted by atomic mass is 10.1. The molecule has 0 aromatic carbocycles. The van der Waals surface area contributed by atoms with E-state index in [1.807, 2.05) is 0 Å². The number of amides is 3. The molecule has 0 bridgehead atoms. The van der Waals surface area contributed by atoms with Crippen LogP contribution in [0.25, 0.3) is 0 Å². The van der Waals surface area contributed by atoms with Gasteiger partial charge in [-0.2, -0.15) is 0 Å². The molecule has 0 saturated carbocycles. The molecule has 3 aliphatic rings. The maximum absolute atomic E-state index is 11.6. The molecule has 88 valence electrons. The summed E-state index contributed by atoms with van der Waals surface area (Å²) >= 11 is 0. The van der Waals surface area contributed by atoms with Crippen LogP contribution in [0.15, 0.2) is 0 Å². The Kier molecular flexibility index (Phi) is 2.15. The Hall–Kier alpha value is -1.14. The molecule has 4 atom stereocenters. The van der Waals surface area contributed by atoms with Gasteiger partial charge in [0, 0.05) is 13.0 Å². The molecule has 6 nitrogen and oxygen atoms in total. The first-order valence-corrected chi connectivity index (χ1v) is 5.53. The Morgan fingerprint density at radius 1 is 1.38 bits per heavy atom. The number of hydrogen-bond acceptors (Lipinski definition) is 4. The summed E-state index contributed by atoms with van der Waals surface area (Å²) in [4.78, 5) is 24.5. The topological polar surface area (TPSA) is 67.9 Å². The molecule has 3 fully saturated rings. The minimum Gasteiger partial charge on any atom is -0.372 e. The van der Waals surface area contributed by atoms with Gasteiger partial charge in [-0.1, -0.05) is 6.92 Å². The minimum atomic E-state index is -0.352. The van der Waals surface area contributed by atoms with Crippen molar-refractivity contribution in [2.75, 3.05) is 13.2 Å². The fraction of sp³-hybridized carbons (Fsp3) is 0.800. The lowest BCUT2D eigenvalue weighted by Crippen LogP contribution is -2.57. The van der Waals surface area contributed by atoms with Gasteiger partial charge >= 0.3 is 6.03 Å². The Morgan fingerprint density at radius 3 is 2.75 bits per heavy atom. The quantitative estimate of drug-likeness (QED) is 0.666. The van der Waals surface area contributed by atoms with E-state index in [9.17, 15) is 9.59 Å². The van der Waals surface area contributed by atoms with Gasteiger partial charge in [0.15, 0.2) is 0 Å². The van der Waals surface area contributed by atoms with Crippen molar-refractivity contribution in [3.8, 4) is 0 Å². The van der Waals surface area contributed by atoms with Gasteiger partial charge in [0.2, 0.25) is 5.91 Å². The molecule has 3 rings (SSSR count). The highest BCUT2D eigenvalue weighted by Crippen LogP contribution is 2.33. The molecule has 1 N–H and O–H groups in total. The summed E-state index contributed by atoms with van der Waals surface area (Å²) in [6.45, 7) is 2.84. The number of nitrogens with zero attached hydrogens (tertiary/aromatic N) is 1. The minimum absolute atomic E-state index is 0.130. The highest BCUT2D eigenvalue weighted by molar-refractivity contribution is 5.97. The van der Waals surface area contributed by atoms with Gasteiger partial charge in [0.25, 0.3) is 0 Å². The molecule has 16 heavy (non-hydrogen) atoms. The second kappa shape index (κ2) is 3.43. The Bertz CT molecular complexity index is 334. The van der Waals surface area contributed by atoms with Crippen LogP contribution in [0.1, 0.15) is 13.3 Å². The monoisotopic (exact) mass is 226 g/mol. The highest BCUT2D eigenvalue weighted by atomic mass is 16.6. The fourth-order valence-electron chi connectivity index (χ4n) is 2.32. The van der Waals surface area contributed by atoms with E-state index >= 15 is 0 Å². The van der Waals surface area contributed by atoms with E-state index in [0.717, 1.165) is 0 Å². The van der Waals surface area contributed by atoms with E-state index in [1.165, 1.54) is 0 Å². The second-order valence-corrected chi connectivity index (χ2v) is 4.58. The first-order chi connectivity index (χ1) is 7.65. The van der Waals surface area contributed by atoms with Crippen LogP contribution in [-0.2, 0) is 14.3 Å². The largest absolute Gasteiger partial charge is 0.372 e. The van der Waals surface area contributed by atoms with E-state index in [-0.39, 0.29) is 36.3 Å². The number of ether oxygens (including phenoxy) is 2. The number of carbonyl (C=O) groups excluding carboxylic acids is 2. The molecule has 0 spiro atoms. The highest BCUT2D eigenvalue weighted by Gasteiger charge is 2.47. The molecule has 0 aliphatic carbocycles. The third-order valence-corrected chi connectivity index (χ3v) is 3.41. The van der Waals surface area contributed by atoms with E-state index in [1.54, 1.807) is 11.8 Å². The standard InChI is InChI=1S/C10H14N2O4/c1-5-3-12(10(14)11-9(5)13)8-2-6-7(16-8)4-15-6/h5-8H,2-4H2,1H3,(H,11,13,14)/t5-,6+,7-,8+/m0/s1. The summed E-state index contributed by atoms with van der Waals surface area (Å²) in [5, 5.41) is 2.33. The van der Waals surface area contributed by atoms with Crippen molar-refractivity contribution in [1.29, 1.82) is 0 Å². The van der Waals surface area contributed by atoms with Gasteiger partial charge in [-0.3, -0.25) is 15.0 Å². The van der Waals surface area contributed by atoms with Crippen molar-refractivity contribution in [3.63, 3.8) is 0 Å². The molecule has 3 saturated heterocycles. The van der Waals surface area contributed by atoms with Crippen molar-refractivity contribution in [3.05, 3.63) is 0 Å². The van der Waals surface area contributed by atoms with Crippen molar-refractivity contribution in [2.45, 2.75) is 31.8 Å². The SMILES string of the molecule is C[C@H]1CN([C@H]2C[C@H]3OC[C@@H]3O2)C(=O)NC1=O. The van der Waals surface area contributed by atoms with E-state index in [4.69, 9.17) is 9.47 Å². The Morgan fingerprint density at radius 2 is 2.19 bits per heavy atom. The number of carbonyl (C=O) groups is 2. The third kappa shape index (κ3) is 1.41. The summed E-state index contributed by atoms with van der Waals surface area (Å²) < 4.78 is 11.0. The van der Waals surface area contributed by atoms with Crippen LogP contribution in [0.2, 0.25) is 0 Å². The molecule has 0 aromatic rings. The summed E-state index contributed by atoms with van der Waals surface area (Å²) in [5.74, 6) is -0.390. The van der Waals surface area contributed by atoms with Gasteiger partial charge in [0.05, 0.1) is 18.6 Å². The van der Waals surface area contributed by atoms with Gasteiger partial charge in [0.1, 0.15) is 12.3 Å². The number of nitrogens with one attached hydrogen (secondary N) is 1. The first-order valence-electron chi connectivity index (χ1n) is 5.53. The van der Waals surface area contributed by atoms with Gasteiger partial charge < -0.3 is 9.47 Å². The Balaban J connectivity index is 1.70. The molecule has 3 amide bonds. The first kappa shape index (κ1) is 10.0. The van der Waals surface area contributed by atoms with Gasteiger partial charge in [-0.25, -0.2) is 4.79 Å². The van der Waals surface area contributed by atoms with Crippen molar-refractivity contribution >= 4 is 11.9 Å². The zero-order valence-corrected chi connectivity index (χ0v) is 9.01. The van der Waals surface area contributed by atoms with Crippen molar-refractivity contribution < 1.29 is 19.1 Å². The fourth-order valence-corrected chi connectivity index (χ4v) is 2.32. The smallest absolute Gasteiger partial charge is 0.326 e. The normalized spacial score (nSPS) is 42.7. The number of fused-ring (bicyclic) bond motifs is 1. The molecule has 0 aromatic heterocycles. The van der Waals surface area contributed by atoms with Crippen LogP contribution in [-0.4, -0.2) is 48.4 Å². The predicted molar refractivity (Wildman–Crippen MR) is 52.4 cm³/mol. The van der Waals surface area contributed by atoms with Crippen LogP contribution in [0.5, 0.6) is 0 Å². The van der Waals surface area contributed by atoms with Crippen LogP contribution >= 0.6 is 0 Å². The Labute approximate surface area is 92.9 Å². The molecular weight excluding hydrogens is 212 g/mol. The maximum Gasteiger partial charge on any atom is 0.326 e. The van der Waals surface area contributed by atoms with Crippen molar-refractivity contribution in [2.24, 2.45) is 5.92 Å². The molecule has 3 aliphatic heterocycles. The van der Waals surface area contributed by atoms with Crippen LogP contribution in [0.4, 0.5) is 4.79 Å². The predicted octanol–water partition coefficient (Wildman–Crippen LogP) is -0.312. The molecular formula is C10H14N2O4. The number of imide groups is 1. The zero-order valence-electron chi connectivity index (χ0n) is 9.01. The number of rotatable bonds is 1. The van der Waals surface area contributed by atoms with E-state index < -0.39 is 0 Å². The number of hydrogen-bond donors (Lipinski definition) is 1. The van der Waals surface area contributed by atoms with Crippen LogP contribution < -0.4 is 5.32 Å². The molecule has 3 heterocycles. The summed E-state index contributed by atoms with van der Waals surface area (Å²) in [7, 11) is 0. The summed E-state index contributed by atoms with van der Waals surface area (Å²) in [6, 6.07) is -0.352. The summed E-state index contributed by atoms with van der Waals surface area (Å²) in [5.41, 5.74) is 0. The van der Waals surface area contributed by atoms with Crippen LogP contribution in [0.3, 0.4) is 0 Å².